The Bertz CT molecular complexity index is 250. The van der Waals surface area contributed by atoms with Crippen LogP contribution in [-0.4, -0.2) is 29.6 Å². The Labute approximate surface area is 86.4 Å². The highest BCUT2D eigenvalue weighted by Gasteiger charge is 2.25. The molecule has 1 rings (SSSR count). The summed E-state index contributed by atoms with van der Waals surface area (Å²) in [5, 5.41) is 0.519. The topological polar surface area (TPSA) is 47.9 Å². The van der Waals surface area contributed by atoms with Crippen LogP contribution in [0.5, 0.6) is 0 Å². The standard InChI is InChI=1S/C6H12NO3PS2/c1-5-4-12-6(13-5)7-11(8,9-2)10-3/h5H,4H2,1-3H3/b7-6+. The van der Waals surface area contributed by atoms with E-state index in [2.05, 4.69) is 11.7 Å². The Kier molecular flexibility index (Phi) is 4.32. The summed E-state index contributed by atoms with van der Waals surface area (Å²) in [7, 11) is -0.540. The highest BCUT2D eigenvalue weighted by molar-refractivity contribution is 8.42. The Morgan fingerprint density at radius 3 is 2.54 bits per heavy atom. The van der Waals surface area contributed by atoms with E-state index in [1.165, 1.54) is 14.2 Å². The van der Waals surface area contributed by atoms with Gasteiger partial charge in [-0.05, 0) is 0 Å². The van der Waals surface area contributed by atoms with Gasteiger partial charge in [0.2, 0.25) is 0 Å². The molecule has 0 aromatic rings. The Balaban J connectivity index is 2.69. The summed E-state index contributed by atoms with van der Waals surface area (Å²) in [6.07, 6.45) is 0. The molecule has 0 N–H and O–H groups in total. The minimum absolute atomic E-state index is 0.519. The predicted octanol–water partition coefficient (Wildman–Crippen LogP) is 2.61. The van der Waals surface area contributed by atoms with Crippen LogP contribution in [0.3, 0.4) is 0 Å². The maximum Gasteiger partial charge on any atom is 0.454 e. The highest BCUT2D eigenvalue weighted by Crippen LogP contribution is 2.51. The summed E-state index contributed by atoms with van der Waals surface area (Å²) in [6, 6.07) is 0. The van der Waals surface area contributed by atoms with Gasteiger partial charge in [0, 0.05) is 25.2 Å². The van der Waals surface area contributed by atoms with Crippen LogP contribution in [-0.2, 0) is 13.6 Å². The lowest BCUT2D eigenvalue weighted by molar-refractivity contribution is 0.277. The normalized spacial score (nSPS) is 27.0. The lowest BCUT2D eigenvalue weighted by atomic mass is 10.6. The molecule has 1 aliphatic heterocycles. The molecule has 0 aromatic carbocycles. The van der Waals surface area contributed by atoms with Crippen LogP contribution < -0.4 is 0 Å². The molecule has 0 bridgehead atoms. The van der Waals surface area contributed by atoms with Gasteiger partial charge in [0.05, 0.1) is 0 Å². The number of hydrogen-bond acceptors (Lipinski definition) is 5. The number of thioether (sulfide) groups is 2. The maximum absolute atomic E-state index is 11.6. The van der Waals surface area contributed by atoms with Crippen molar-refractivity contribution in [3.63, 3.8) is 0 Å². The summed E-state index contributed by atoms with van der Waals surface area (Å²) in [6.45, 7) is 2.10. The van der Waals surface area contributed by atoms with E-state index in [4.69, 9.17) is 9.05 Å². The summed E-state index contributed by atoms with van der Waals surface area (Å²) < 4.78 is 25.7. The van der Waals surface area contributed by atoms with Crippen molar-refractivity contribution in [2.24, 2.45) is 4.76 Å². The molecule has 0 aliphatic carbocycles. The minimum atomic E-state index is -3.21. The van der Waals surface area contributed by atoms with Crippen molar-refractivity contribution < 1.29 is 13.6 Å². The lowest BCUT2D eigenvalue weighted by Gasteiger charge is -2.07. The zero-order chi connectivity index (χ0) is 9.90. The summed E-state index contributed by atoms with van der Waals surface area (Å²) in [5.41, 5.74) is 0. The Hall–Kier alpha value is 0.520. The second kappa shape index (κ2) is 4.84. The van der Waals surface area contributed by atoms with E-state index in [-0.39, 0.29) is 0 Å². The van der Waals surface area contributed by atoms with Crippen LogP contribution in [0.2, 0.25) is 0 Å². The van der Waals surface area contributed by atoms with E-state index < -0.39 is 7.75 Å². The molecule has 0 saturated carbocycles. The molecule has 76 valence electrons. The molecule has 1 unspecified atom stereocenters. The molecule has 0 aromatic heterocycles. The quantitative estimate of drug-likeness (QED) is 0.711. The minimum Gasteiger partial charge on any atom is -0.294 e. The first-order valence-electron chi connectivity index (χ1n) is 3.71. The second-order valence-electron chi connectivity index (χ2n) is 2.44. The van der Waals surface area contributed by atoms with Gasteiger partial charge in [0.1, 0.15) is 4.38 Å². The zero-order valence-corrected chi connectivity index (χ0v) is 10.2. The highest BCUT2D eigenvalue weighted by atomic mass is 32.2. The van der Waals surface area contributed by atoms with Gasteiger partial charge in [-0.2, -0.15) is 4.76 Å². The van der Waals surface area contributed by atoms with Crippen LogP contribution >= 0.6 is 31.3 Å². The first-order chi connectivity index (χ1) is 6.09. The maximum atomic E-state index is 11.6. The summed E-state index contributed by atoms with van der Waals surface area (Å²) in [4.78, 5) is 0. The fourth-order valence-corrected chi connectivity index (χ4v) is 4.44. The van der Waals surface area contributed by atoms with Crippen LogP contribution in [0.25, 0.3) is 0 Å². The third-order valence-electron chi connectivity index (χ3n) is 1.41. The smallest absolute Gasteiger partial charge is 0.294 e. The lowest BCUT2D eigenvalue weighted by Crippen LogP contribution is -1.90. The fraction of sp³-hybridized carbons (Fsp3) is 0.833. The van der Waals surface area contributed by atoms with Crippen molar-refractivity contribution in [1.82, 2.24) is 0 Å². The summed E-state index contributed by atoms with van der Waals surface area (Å²) >= 11 is 3.19. The molecule has 7 heteroatoms. The predicted molar refractivity (Wildman–Crippen MR) is 58.6 cm³/mol. The second-order valence-corrected chi connectivity index (χ2v) is 7.00. The SMILES string of the molecule is COP(=O)(/N=C1\SCC(C)S1)OC. The third-order valence-corrected chi connectivity index (χ3v) is 5.77. The first kappa shape index (κ1) is 11.6. The number of nitrogens with zero attached hydrogens (tertiary/aromatic N) is 1. The molecule has 13 heavy (non-hydrogen) atoms. The van der Waals surface area contributed by atoms with E-state index in [1.807, 2.05) is 0 Å². The first-order valence-corrected chi connectivity index (χ1v) is 7.07. The van der Waals surface area contributed by atoms with Crippen molar-refractivity contribution in [2.75, 3.05) is 20.0 Å². The van der Waals surface area contributed by atoms with Gasteiger partial charge in [-0.1, -0.05) is 30.4 Å². The average Bonchev–Trinajstić information content (AvgIpc) is 2.51. The van der Waals surface area contributed by atoms with E-state index >= 15 is 0 Å². The van der Waals surface area contributed by atoms with Gasteiger partial charge >= 0.3 is 7.75 Å². The van der Waals surface area contributed by atoms with Crippen LogP contribution in [0.15, 0.2) is 4.76 Å². The number of hydrogen-bond donors (Lipinski definition) is 0. The molecular weight excluding hydrogens is 229 g/mol. The van der Waals surface area contributed by atoms with Crippen molar-refractivity contribution in [2.45, 2.75) is 12.2 Å². The molecular formula is C6H12NO3PS2. The zero-order valence-electron chi connectivity index (χ0n) is 7.72. The molecule has 1 heterocycles. The van der Waals surface area contributed by atoms with Crippen molar-refractivity contribution in [3.05, 3.63) is 0 Å². The van der Waals surface area contributed by atoms with Crippen molar-refractivity contribution in [1.29, 1.82) is 0 Å². The van der Waals surface area contributed by atoms with Gasteiger partial charge in [-0.15, -0.1) is 0 Å². The molecule has 1 atom stereocenters. The van der Waals surface area contributed by atoms with Gasteiger partial charge in [-0.3, -0.25) is 9.05 Å². The van der Waals surface area contributed by atoms with Crippen LogP contribution in [0.4, 0.5) is 0 Å². The van der Waals surface area contributed by atoms with E-state index in [0.29, 0.717) is 5.25 Å². The van der Waals surface area contributed by atoms with Gasteiger partial charge < -0.3 is 0 Å². The molecule has 0 spiro atoms. The van der Waals surface area contributed by atoms with Gasteiger partial charge in [0.15, 0.2) is 0 Å². The number of rotatable bonds is 3. The van der Waals surface area contributed by atoms with E-state index in [9.17, 15) is 4.57 Å². The molecule has 0 radical (unpaired) electrons. The van der Waals surface area contributed by atoms with Gasteiger partial charge in [-0.25, -0.2) is 4.57 Å². The Morgan fingerprint density at radius 2 is 2.15 bits per heavy atom. The molecule has 1 aliphatic rings. The van der Waals surface area contributed by atoms with E-state index in [1.54, 1.807) is 23.5 Å². The largest absolute Gasteiger partial charge is 0.454 e. The fourth-order valence-electron chi connectivity index (χ4n) is 0.737. The van der Waals surface area contributed by atoms with Gasteiger partial charge in [0.25, 0.3) is 0 Å². The van der Waals surface area contributed by atoms with Crippen molar-refractivity contribution >= 4 is 35.6 Å². The van der Waals surface area contributed by atoms with Crippen molar-refractivity contribution in [3.8, 4) is 0 Å². The summed E-state index contributed by atoms with van der Waals surface area (Å²) in [5.74, 6) is 0.997. The molecule has 1 fully saturated rings. The molecule has 0 amide bonds. The third kappa shape index (κ3) is 3.29. The monoisotopic (exact) mass is 241 g/mol. The molecule has 1 saturated heterocycles. The molecule has 4 nitrogen and oxygen atoms in total. The van der Waals surface area contributed by atoms with E-state index in [0.717, 1.165) is 10.1 Å². The average molecular weight is 241 g/mol. The van der Waals surface area contributed by atoms with Crippen LogP contribution in [0, 0.1) is 0 Å². The van der Waals surface area contributed by atoms with Crippen LogP contribution in [0.1, 0.15) is 6.92 Å². The Morgan fingerprint density at radius 1 is 1.54 bits per heavy atom.